The van der Waals surface area contributed by atoms with Gasteiger partial charge in [0.25, 0.3) is 0 Å². The average Bonchev–Trinajstić information content (AvgIpc) is 2.02. The van der Waals surface area contributed by atoms with Gasteiger partial charge in [0.15, 0.2) is 0 Å². The van der Waals surface area contributed by atoms with E-state index >= 15 is 0 Å². The predicted molar refractivity (Wildman–Crippen MR) is 55.6 cm³/mol. The zero-order chi connectivity index (χ0) is 10.1. The molecular weight excluding hydrogens is 207 g/mol. The van der Waals surface area contributed by atoms with Crippen molar-refractivity contribution in [2.45, 2.75) is 19.3 Å². The summed E-state index contributed by atoms with van der Waals surface area (Å²) in [6.45, 7) is 3.64. The van der Waals surface area contributed by atoms with E-state index in [1.807, 2.05) is 13.8 Å². The fourth-order valence-corrected chi connectivity index (χ4v) is 1.52. The smallest absolute Gasteiger partial charge is 0.129 e. The highest BCUT2D eigenvalue weighted by Gasteiger charge is 2.20. The van der Waals surface area contributed by atoms with E-state index in [9.17, 15) is 4.79 Å². The Balaban J connectivity index is 3.22. The van der Waals surface area contributed by atoms with Gasteiger partial charge in [0.05, 0.1) is 0 Å². The van der Waals surface area contributed by atoms with Gasteiger partial charge in [-0.1, -0.05) is 23.2 Å². The zero-order valence-electron chi connectivity index (χ0n) is 7.47. The first-order valence-electron chi connectivity index (χ1n) is 3.88. The summed E-state index contributed by atoms with van der Waals surface area (Å²) in [6, 6.07) is 5.15. The van der Waals surface area contributed by atoms with Crippen molar-refractivity contribution >= 4 is 29.5 Å². The van der Waals surface area contributed by atoms with Crippen LogP contribution in [0.1, 0.15) is 19.4 Å². The van der Waals surface area contributed by atoms with Crippen LogP contribution in [-0.4, -0.2) is 6.29 Å². The van der Waals surface area contributed by atoms with Gasteiger partial charge in [-0.25, -0.2) is 0 Å². The van der Waals surface area contributed by atoms with Gasteiger partial charge in [0.1, 0.15) is 6.29 Å². The number of carbonyl (C=O) groups is 1. The molecule has 1 nitrogen and oxygen atoms in total. The zero-order valence-corrected chi connectivity index (χ0v) is 8.99. The van der Waals surface area contributed by atoms with Crippen molar-refractivity contribution in [3.63, 3.8) is 0 Å². The first kappa shape index (κ1) is 10.6. The Labute approximate surface area is 87.7 Å². The lowest BCUT2D eigenvalue weighted by molar-refractivity contribution is -0.111. The molecule has 0 amide bonds. The maximum Gasteiger partial charge on any atom is 0.129 e. The van der Waals surface area contributed by atoms with Crippen molar-refractivity contribution in [2.24, 2.45) is 0 Å². The molecule has 0 heterocycles. The number of rotatable bonds is 2. The van der Waals surface area contributed by atoms with Crippen molar-refractivity contribution in [2.75, 3.05) is 0 Å². The third-order valence-electron chi connectivity index (χ3n) is 1.90. The van der Waals surface area contributed by atoms with Crippen LogP contribution in [0, 0.1) is 0 Å². The molecule has 1 rings (SSSR count). The lowest BCUT2D eigenvalue weighted by Crippen LogP contribution is -2.18. The molecule has 0 spiro atoms. The largest absolute Gasteiger partial charge is 0.302 e. The molecule has 0 aliphatic rings. The molecule has 0 aliphatic carbocycles. The van der Waals surface area contributed by atoms with Crippen LogP contribution in [0.2, 0.25) is 10.0 Å². The van der Waals surface area contributed by atoms with Gasteiger partial charge in [-0.15, -0.1) is 0 Å². The minimum atomic E-state index is -0.533. The van der Waals surface area contributed by atoms with Gasteiger partial charge in [0.2, 0.25) is 0 Å². The molecule has 0 saturated carbocycles. The minimum Gasteiger partial charge on any atom is -0.302 e. The molecule has 0 bridgehead atoms. The third-order valence-corrected chi connectivity index (χ3v) is 2.34. The van der Waals surface area contributed by atoms with E-state index in [2.05, 4.69) is 0 Å². The Morgan fingerprint density at radius 2 is 1.62 bits per heavy atom. The Kier molecular flexibility index (Phi) is 2.99. The highest BCUT2D eigenvalue weighted by Crippen LogP contribution is 2.27. The van der Waals surface area contributed by atoms with Crippen molar-refractivity contribution in [1.29, 1.82) is 0 Å². The summed E-state index contributed by atoms with van der Waals surface area (Å²) in [5.41, 5.74) is 0.300. The monoisotopic (exact) mass is 216 g/mol. The normalized spacial score (nSPS) is 11.4. The van der Waals surface area contributed by atoms with E-state index in [4.69, 9.17) is 23.2 Å². The van der Waals surface area contributed by atoms with Gasteiger partial charge in [-0.05, 0) is 37.6 Å². The maximum absolute atomic E-state index is 10.8. The van der Waals surface area contributed by atoms with Gasteiger partial charge in [0, 0.05) is 15.5 Å². The van der Waals surface area contributed by atoms with Crippen LogP contribution in [0.4, 0.5) is 0 Å². The van der Waals surface area contributed by atoms with E-state index in [1.165, 1.54) is 0 Å². The second-order valence-electron chi connectivity index (χ2n) is 3.50. The number of hydrogen-bond donors (Lipinski definition) is 0. The number of benzene rings is 1. The van der Waals surface area contributed by atoms with Crippen LogP contribution in [0.25, 0.3) is 0 Å². The second kappa shape index (κ2) is 3.69. The molecule has 0 fully saturated rings. The summed E-state index contributed by atoms with van der Waals surface area (Å²) < 4.78 is 0. The summed E-state index contributed by atoms with van der Waals surface area (Å²) >= 11 is 11.6. The molecule has 0 atom stereocenters. The standard InChI is InChI=1S/C10H10Cl2O/c1-10(2,6-13)7-3-8(11)5-9(12)4-7/h3-6H,1-2H3. The number of halogens is 2. The summed E-state index contributed by atoms with van der Waals surface area (Å²) in [6.07, 6.45) is 0.884. The third kappa shape index (κ3) is 2.45. The highest BCUT2D eigenvalue weighted by molar-refractivity contribution is 6.34. The fourth-order valence-electron chi connectivity index (χ4n) is 0.994. The molecule has 13 heavy (non-hydrogen) atoms. The van der Waals surface area contributed by atoms with Gasteiger partial charge >= 0.3 is 0 Å². The maximum atomic E-state index is 10.8. The predicted octanol–water partition coefficient (Wildman–Crippen LogP) is 3.47. The first-order valence-corrected chi connectivity index (χ1v) is 4.64. The van der Waals surface area contributed by atoms with Crippen molar-refractivity contribution < 1.29 is 4.79 Å². The van der Waals surface area contributed by atoms with Crippen molar-refractivity contribution in [1.82, 2.24) is 0 Å². The van der Waals surface area contributed by atoms with E-state index in [1.54, 1.807) is 18.2 Å². The van der Waals surface area contributed by atoms with E-state index in [-0.39, 0.29) is 0 Å². The summed E-state index contributed by atoms with van der Waals surface area (Å²) in [7, 11) is 0. The lowest BCUT2D eigenvalue weighted by Gasteiger charge is -2.17. The summed E-state index contributed by atoms with van der Waals surface area (Å²) in [5.74, 6) is 0. The molecule has 70 valence electrons. The van der Waals surface area contributed by atoms with E-state index in [0.29, 0.717) is 10.0 Å². The van der Waals surface area contributed by atoms with Crippen molar-refractivity contribution in [3.8, 4) is 0 Å². The van der Waals surface area contributed by atoms with Crippen LogP contribution in [0.15, 0.2) is 18.2 Å². The summed E-state index contributed by atoms with van der Waals surface area (Å²) in [5, 5.41) is 1.11. The molecule has 0 radical (unpaired) electrons. The van der Waals surface area contributed by atoms with Crippen molar-refractivity contribution in [3.05, 3.63) is 33.8 Å². The minimum absolute atomic E-state index is 0.533. The molecule has 1 aromatic carbocycles. The highest BCUT2D eigenvalue weighted by atomic mass is 35.5. The van der Waals surface area contributed by atoms with Crippen LogP contribution < -0.4 is 0 Å². The SMILES string of the molecule is CC(C)(C=O)c1cc(Cl)cc(Cl)c1. The Bertz CT molecular complexity index is 311. The van der Waals surface area contributed by atoms with Crippen LogP contribution in [0.3, 0.4) is 0 Å². The molecular formula is C10H10Cl2O. The molecule has 0 N–H and O–H groups in total. The van der Waals surface area contributed by atoms with Gasteiger partial charge in [-0.3, -0.25) is 0 Å². The van der Waals surface area contributed by atoms with E-state index < -0.39 is 5.41 Å². The Morgan fingerprint density at radius 3 is 2.00 bits per heavy atom. The lowest BCUT2D eigenvalue weighted by atomic mass is 9.86. The number of carbonyl (C=O) groups excluding carboxylic acids is 1. The Morgan fingerprint density at radius 1 is 1.15 bits per heavy atom. The average molecular weight is 217 g/mol. The molecule has 0 unspecified atom stereocenters. The van der Waals surface area contributed by atoms with Gasteiger partial charge < -0.3 is 4.79 Å². The number of aldehydes is 1. The topological polar surface area (TPSA) is 17.1 Å². The number of hydrogen-bond acceptors (Lipinski definition) is 1. The molecule has 0 aliphatic heterocycles. The first-order chi connectivity index (χ1) is 5.95. The summed E-state index contributed by atoms with van der Waals surface area (Å²) in [4.78, 5) is 10.8. The molecule has 3 heteroatoms. The molecule has 0 aromatic heterocycles. The van der Waals surface area contributed by atoms with E-state index in [0.717, 1.165) is 11.8 Å². The molecule has 1 aromatic rings. The fraction of sp³-hybridized carbons (Fsp3) is 0.300. The van der Waals surface area contributed by atoms with Crippen LogP contribution >= 0.6 is 23.2 Å². The Hall–Kier alpha value is -0.530. The van der Waals surface area contributed by atoms with Crippen LogP contribution in [0.5, 0.6) is 0 Å². The van der Waals surface area contributed by atoms with Crippen LogP contribution in [-0.2, 0) is 10.2 Å². The quantitative estimate of drug-likeness (QED) is 0.693. The molecule has 0 saturated heterocycles. The van der Waals surface area contributed by atoms with Gasteiger partial charge in [-0.2, -0.15) is 0 Å². The second-order valence-corrected chi connectivity index (χ2v) is 4.37.